The number of carbonyl (C=O) groups is 3. The minimum Gasteiger partial charge on any atom is -0.481 e. The number of carboxylic acids is 1. The van der Waals surface area contributed by atoms with Crippen LogP contribution in [0.1, 0.15) is 45.7 Å². The monoisotopic (exact) mass is 271 g/mol. The summed E-state index contributed by atoms with van der Waals surface area (Å²) >= 11 is 0. The highest BCUT2D eigenvalue weighted by atomic mass is 16.4. The highest BCUT2D eigenvalue weighted by Gasteiger charge is 2.36. The molecule has 0 radical (unpaired) electrons. The SMILES string of the molecule is CC(=O)n1c(C)c2c3c(cccc31)C(=O)CC2C(=O)O. The second-order valence-electron chi connectivity index (χ2n) is 5.07. The zero-order valence-corrected chi connectivity index (χ0v) is 11.1. The first-order chi connectivity index (χ1) is 9.43. The third-order valence-electron chi connectivity index (χ3n) is 3.93. The summed E-state index contributed by atoms with van der Waals surface area (Å²) in [5.41, 5.74) is 2.33. The van der Waals surface area contributed by atoms with Gasteiger partial charge >= 0.3 is 5.97 Å². The maximum Gasteiger partial charge on any atom is 0.311 e. The Kier molecular flexibility index (Phi) is 2.54. The standard InChI is InChI=1S/C15H13NO4/c1-7-13-10(15(19)20)6-12(18)9-4-3-5-11(14(9)13)16(7)8(2)17/h3-5,10H,6H2,1-2H3,(H,19,20). The molecule has 20 heavy (non-hydrogen) atoms. The van der Waals surface area contributed by atoms with Crippen LogP contribution in [0.5, 0.6) is 0 Å². The molecule has 0 spiro atoms. The maximum atomic E-state index is 12.1. The van der Waals surface area contributed by atoms with Crippen LogP contribution in [0.15, 0.2) is 18.2 Å². The summed E-state index contributed by atoms with van der Waals surface area (Å²) in [5.74, 6) is -2.27. The molecule has 1 heterocycles. The lowest BCUT2D eigenvalue weighted by Gasteiger charge is -2.18. The van der Waals surface area contributed by atoms with E-state index in [0.717, 1.165) is 0 Å². The number of aromatic nitrogens is 1. The number of Topliss-reactive ketones (excluding diaryl/α,β-unsaturated/α-hetero) is 1. The summed E-state index contributed by atoms with van der Waals surface area (Å²) in [7, 11) is 0. The van der Waals surface area contributed by atoms with Gasteiger partial charge in [-0.25, -0.2) is 0 Å². The topological polar surface area (TPSA) is 76.4 Å². The fraction of sp³-hybridized carbons (Fsp3) is 0.267. The zero-order valence-electron chi connectivity index (χ0n) is 11.1. The van der Waals surface area contributed by atoms with Gasteiger partial charge in [-0.2, -0.15) is 0 Å². The lowest BCUT2D eigenvalue weighted by molar-refractivity contribution is -0.138. The molecular weight excluding hydrogens is 258 g/mol. The van der Waals surface area contributed by atoms with E-state index in [1.54, 1.807) is 25.1 Å². The summed E-state index contributed by atoms with van der Waals surface area (Å²) in [4.78, 5) is 35.4. The highest BCUT2D eigenvalue weighted by molar-refractivity contribution is 6.15. The Hall–Kier alpha value is -2.43. The zero-order chi connectivity index (χ0) is 14.6. The van der Waals surface area contributed by atoms with Crippen molar-refractivity contribution in [3.05, 3.63) is 35.0 Å². The van der Waals surface area contributed by atoms with Crippen molar-refractivity contribution in [3.8, 4) is 0 Å². The van der Waals surface area contributed by atoms with Crippen LogP contribution in [-0.2, 0) is 4.79 Å². The molecule has 102 valence electrons. The Morgan fingerprint density at radius 2 is 2.05 bits per heavy atom. The lowest BCUT2D eigenvalue weighted by Crippen LogP contribution is -2.21. The molecule has 0 saturated heterocycles. The number of carboxylic acid groups (broad SMARTS) is 1. The van der Waals surface area contributed by atoms with Crippen molar-refractivity contribution in [2.75, 3.05) is 0 Å². The van der Waals surface area contributed by atoms with Crippen LogP contribution in [0.25, 0.3) is 10.9 Å². The summed E-state index contributed by atoms with van der Waals surface area (Å²) in [6.45, 7) is 3.16. The Morgan fingerprint density at radius 3 is 2.65 bits per heavy atom. The van der Waals surface area contributed by atoms with Crippen molar-refractivity contribution in [2.24, 2.45) is 0 Å². The molecule has 1 aromatic carbocycles. The number of nitrogens with zero attached hydrogens (tertiary/aromatic N) is 1. The third kappa shape index (κ3) is 1.46. The van der Waals surface area contributed by atoms with E-state index >= 15 is 0 Å². The van der Waals surface area contributed by atoms with Gasteiger partial charge in [-0.05, 0) is 18.6 Å². The molecule has 1 aromatic heterocycles. The number of benzene rings is 1. The fourth-order valence-electron chi connectivity index (χ4n) is 3.16. The smallest absolute Gasteiger partial charge is 0.311 e. The van der Waals surface area contributed by atoms with Gasteiger partial charge in [0.15, 0.2) is 5.78 Å². The molecular formula is C15H13NO4. The lowest BCUT2D eigenvalue weighted by atomic mass is 9.82. The van der Waals surface area contributed by atoms with Crippen molar-refractivity contribution in [2.45, 2.75) is 26.2 Å². The van der Waals surface area contributed by atoms with Gasteiger partial charge in [-0.3, -0.25) is 19.0 Å². The van der Waals surface area contributed by atoms with Crippen molar-refractivity contribution in [1.82, 2.24) is 4.57 Å². The minimum absolute atomic E-state index is 0.0514. The largest absolute Gasteiger partial charge is 0.481 e. The van der Waals surface area contributed by atoms with Crippen molar-refractivity contribution in [1.29, 1.82) is 0 Å². The maximum absolute atomic E-state index is 12.1. The number of rotatable bonds is 1. The van der Waals surface area contributed by atoms with E-state index in [9.17, 15) is 19.5 Å². The normalized spacial score (nSPS) is 17.5. The van der Waals surface area contributed by atoms with Crippen LogP contribution < -0.4 is 0 Å². The molecule has 1 atom stereocenters. The van der Waals surface area contributed by atoms with Gasteiger partial charge in [-0.15, -0.1) is 0 Å². The molecule has 1 aliphatic carbocycles. The first-order valence-electron chi connectivity index (χ1n) is 6.34. The van der Waals surface area contributed by atoms with Crippen LogP contribution in [-0.4, -0.2) is 27.3 Å². The summed E-state index contributed by atoms with van der Waals surface area (Å²) in [6, 6.07) is 5.16. The molecule has 0 fully saturated rings. The Bertz CT molecular complexity index is 785. The Balaban J connectivity index is 2.51. The summed E-state index contributed by atoms with van der Waals surface area (Å²) in [6.07, 6.45) is -0.0514. The molecule has 2 aromatic rings. The minimum atomic E-state index is -1.03. The predicted molar refractivity (Wildman–Crippen MR) is 72.3 cm³/mol. The van der Waals surface area contributed by atoms with Crippen molar-refractivity contribution < 1.29 is 19.5 Å². The fourth-order valence-corrected chi connectivity index (χ4v) is 3.16. The van der Waals surface area contributed by atoms with E-state index < -0.39 is 11.9 Å². The molecule has 5 nitrogen and oxygen atoms in total. The number of carbonyl (C=O) groups excluding carboxylic acids is 2. The highest BCUT2D eigenvalue weighted by Crippen LogP contribution is 2.40. The first-order valence-corrected chi connectivity index (χ1v) is 6.34. The van der Waals surface area contributed by atoms with Crippen LogP contribution in [0.3, 0.4) is 0 Å². The average molecular weight is 271 g/mol. The second kappa shape index (κ2) is 4.03. The van der Waals surface area contributed by atoms with E-state index in [2.05, 4.69) is 0 Å². The number of hydrogen-bond acceptors (Lipinski definition) is 3. The molecule has 3 rings (SSSR count). The third-order valence-corrected chi connectivity index (χ3v) is 3.93. The van der Waals surface area contributed by atoms with Gasteiger partial charge in [0.05, 0.1) is 11.4 Å². The van der Waals surface area contributed by atoms with Gasteiger partial charge in [0.2, 0.25) is 5.91 Å². The van der Waals surface area contributed by atoms with Crippen LogP contribution >= 0.6 is 0 Å². The molecule has 1 N–H and O–H groups in total. The van der Waals surface area contributed by atoms with Gasteiger partial charge < -0.3 is 5.11 Å². The van der Waals surface area contributed by atoms with E-state index in [1.165, 1.54) is 11.5 Å². The summed E-state index contributed by atoms with van der Waals surface area (Å²) in [5, 5.41) is 9.97. The van der Waals surface area contributed by atoms with Gasteiger partial charge in [-0.1, -0.05) is 12.1 Å². The molecule has 0 amide bonds. The van der Waals surface area contributed by atoms with Crippen LogP contribution in [0.2, 0.25) is 0 Å². The molecule has 1 aliphatic rings. The Labute approximate surface area is 114 Å². The quantitative estimate of drug-likeness (QED) is 0.863. The van der Waals surface area contributed by atoms with E-state index in [1.807, 2.05) is 0 Å². The molecule has 0 aliphatic heterocycles. The van der Waals surface area contributed by atoms with E-state index in [4.69, 9.17) is 0 Å². The molecule has 0 bridgehead atoms. The second-order valence-corrected chi connectivity index (χ2v) is 5.07. The molecule has 5 heteroatoms. The first kappa shape index (κ1) is 12.6. The van der Waals surface area contributed by atoms with Gasteiger partial charge in [0, 0.05) is 30.0 Å². The summed E-state index contributed by atoms with van der Waals surface area (Å²) < 4.78 is 1.49. The van der Waals surface area contributed by atoms with Crippen molar-refractivity contribution in [3.63, 3.8) is 0 Å². The van der Waals surface area contributed by atoms with Crippen LogP contribution in [0.4, 0.5) is 0 Å². The van der Waals surface area contributed by atoms with Crippen molar-refractivity contribution >= 4 is 28.6 Å². The van der Waals surface area contributed by atoms with Crippen LogP contribution in [0, 0.1) is 6.92 Å². The average Bonchev–Trinajstić information content (AvgIpc) is 2.67. The predicted octanol–water partition coefficient (Wildman–Crippen LogP) is 2.36. The van der Waals surface area contributed by atoms with E-state index in [0.29, 0.717) is 27.7 Å². The number of hydrogen-bond donors (Lipinski definition) is 1. The molecule has 0 saturated carbocycles. The Morgan fingerprint density at radius 1 is 1.35 bits per heavy atom. The number of aliphatic carboxylic acids is 1. The van der Waals surface area contributed by atoms with Gasteiger partial charge in [0.1, 0.15) is 0 Å². The molecule has 1 unspecified atom stereocenters. The van der Waals surface area contributed by atoms with E-state index in [-0.39, 0.29) is 18.1 Å². The number of ketones is 1. The van der Waals surface area contributed by atoms with Gasteiger partial charge in [0.25, 0.3) is 0 Å².